The summed E-state index contributed by atoms with van der Waals surface area (Å²) >= 11 is 11.9. The van der Waals surface area contributed by atoms with E-state index in [4.69, 9.17) is 28.6 Å². The zero-order chi connectivity index (χ0) is 21.9. The molecule has 2 heterocycles. The van der Waals surface area contributed by atoms with Crippen molar-refractivity contribution in [1.82, 2.24) is 14.9 Å². The number of aromatic nitrogens is 2. The highest BCUT2D eigenvalue weighted by atomic mass is 35.5. The molecule has 0 unspecified atom stereocenters. The Balaban J connectivity index is 2.31. The molecule has 0 radical (unpaired) electrons. The first-order valence-corrected chi connectivity index (χ1v) is 9.89. The van der Waals surface area contributed by atoms with Crippen molar-refractivity contribution in [2.24, 2.45) is 0 Å². The molecule has 2 aromatic heterocycles. The number of halogens is 2. The average Bonchev–Trinajstić information content (AvgIpc) is 2.64. The van der Waals surface area contributed by atoms with E-state index in [1.165, 1.54) is 4.90 Å². The van der Waals surface area contributed by atoms with E-state index in [2.05, 4.69) is 29.1 Å². The molecule has 0 atom stereocenters. The van der Waals surface area contributed by atoms with Gasteiger partial charge < -0.3 is 15.6 Å². The summed E-state index contributed by atoms with van der Waals surface area (Å²) in [6, 6.07) is 4.88. The van der Waals surface area contributed by atoms with Crippen LogP contribution in [0.15, 0.2) is 18.2 Å². The zero-order valence-corrected chi connectivity index (χ0v) is 19.0. The van der Waals surface area contributed by atoms with Crippen LogP contribution in [0, 0.1) is 5.41 Å². The molecule has 9 heteroatoms. The molecule has 0 saturated heterocycles. The first kappa shape index (κ1) is 22.9. The van der Waals surface area contributed by atoms with Crippen molar-refractivity contribution < 1.29 is 4.79 Å². The maximum Gasteiger partial charge on any atom is 0.324 e. The number of nitrogens with zero attached hydrogens (tertiary/aromatic N) is 4. The van der Waals surface area contributed by atoms with Gasteiger partial charge >= 0.3 is 6.03 Å². The summed E-state index contributed by atoms with van der Waals surface area (Å²) in [5, 5.41) is 11.6. The fourth-order valence-electron chi connectivity index (χ4n) is 3.05. The third-order valence-electron chi connectivity index (χ3n) is 4.48. The van der Waals surface area contributed by atoms with Crippen molar-refractivity contribution in [3.05, 3.63) is 45.3 Å². The van der Waals surface area contributed by atoms with Crippen LogP contribution in [0.3, 0.4) is 0 Å². The van der Waals surface area contributed by atoms with E-state index >= 15 is 0 Å². The van der Waals surface area contributed by atoms with Gasteiger partial charge in [-0.2, -0.15) is 0 Å². The molecule has 29 heavy (non-hydrogen) atoms. The molecule has 0 aliphatic rings. The number of hydrogen-bond acceptors (Lipinski definition) is 5. The second kappa shape index (κ2) is 9.41. The molecule has 2 N–H and O–H groups in total. The monoisotopic (exact) mass is 436 g/mol. The van der Waals surface area contributed by atoms with Gasteiger partial charge in [-0.3, -0.25) is 4.90 Å². The number of urea groups is 1. The standard InChI is InChI=1S/C20H26Cl2N6O/c1-11(2)15-7-13(25-19(24-4)18(15)12(3)23)10-27(5)20(29)28(6)14-8-16(21)26-17(22)9-14/h7-9,11,23H,10H2,1-6H3,(H,24,25). The second-order valence-corrected chi connectivity index (χ2v) is 7.90. The van der Waals surface area contributed by atoms with Gasteiger partial charge in [0.1, 0.15) is 16.1 Å². The summed E-state index contributed by atoms with van der Waals surface area (Å²) in [6.45, 7) is 6.20. The fourth-order valence-corrected chi connectivity index (χ4v) is 3.50. The number of rotatable bonds is 6. The molecule has 0 aliphatic carbocycles. The quantitative estimate of drug-likeness (QED) is 0.491. The zero-order valence-electron chi connectivity index (χ0n) is 17.5. The van der Waals surface area contributed by atoms with Gasteiger partial charge in [0, 0.05) is 32.4 Å². The number of anilines is 2. The van der Waals surface area contributed by atoms with Crippen LogP contribution in [0.1, 0.15) is 43.5 Å². The molecule has 2 amide bonds. The lowest BCUT2D eigenvalue weighted by molar-refractivity contribution is 0.214. The van der Waals surface area contributed by atoms with E-state index in [0.717, 1.165) is 16.8 Å². The second-order valence-electron chi connectivity index (χ2n) is 7.12. The van der Waals surface area contributed by atoms with Crippen LogP contribution in [-0.2, 0) is 6.54 Å². The van der Waals surface area contributed by atoms with Crippen LogP contribution in [0.5, 0.6) is 0 Å². The van der Waals surface area contributed by atoms with Crippen molar-refractivity contribution in [1.29, 1.82) is 5.41 Å². The molecule has 0 aromatic carbocycles. The van der Waals surface area contributed by atoms with Gasteiger partial charge in [0.15, 0.2) is 0 Å². The van der Waals surface area contributed by atoms with Gasteiger partial charge in [0.25, 0.3) is 0 Å². The van der Waals surface area contributed by atoms with Crippen molar-refractivity contribution >= 4 is 46.4 Å². The minimum atomic E-state index is -0.241. The summed E-state index contributed by atoms with van der Waals surface area (Å²) in [7, 11) is 5.13. The first-order valence-electron chi connectivity index (χ1n) is 9.14. The number of pyridine rings is 2. The highest BCUT2D eigenvalue weighted by molar-refractivity contribution is 6.33. The predicted molar refractivity (Wildman–Crippen MR) is 120 cm³/mol. The summed E-state index contributed by atoms with van der Waals surface area (Å²) in [5.74, 6) is 0.851. The SMILES string of the molecule is CNc1nc(CN(C)C(=O)N(C)c2cc(Cl)nc(Cl)c2)cc(C(C)C)c1C(C)=N. The highest BCUT2D eigenvalue weighted by Crippen LogP contribution is 2.27. The Kier molecular flexibility index (Phi) is 7.43. The van der Waals surface area contributed by atoms with E-state index in [-0.39, 0.29) is 22.3 Å². The molecule has 0 fully saturated rings. The van der Waals surface area contributed by atoms with Crippen LogP contribution in [-0.4, -0.2) is 47.8 Å². The van der Waals surface area contributed by atoms with Crippen LogP contribution in [0.25, 0.3) is 0 Å². The van der Waals surface area contributed by atoms with Gasteiger partial charge in [-0.25, -0.2) is 14.8 Å². The topological polar surface area (TPSA) is 85.2 Å². The Bertz CT molecular complexity index is 911. The Morgan fingerprint density at radius 1 is 1.17 bits per heavy atom. The van der Waals surface area contributed by atoms with Crippen LogP contribution < -0.4 is 10.2 Å². The Morgan fingerprint density at radius 3 is 2.24 bits per heavy atom. The Hall–Kier alpha value is -2.38. The molecule has 7 nitrogen and oxygen atoms in total. The largest absolute Gasteiger partial charge is 0.373 e. The molecular formula is C20H26Cl2N6O. The lowest BCUT2D eigenvalue weighted by Gasteiger charge is -2.26. The number of hydrogen-bond donors (Lipinski definition) is 2. The molecule has 0 bridgehead atoms. The van der Waals surface area contributed by atoms with Crippen LogP contribution in [0.2, 0.25) is 10.3 Å². The van der Waals surface area contributed by atoms with Crippen LogP contribution in [0.4, 0.5) is 16.3 Å². The maximum atomic E-state index is 12.9. The fraction of sp³-hybridized carbons (Fsp3) is 0.400. The number of nitrogens with one attached hydrogen (secondary N) is 2. The molecule has 2 rings (SSSR count). The summed E-state index contributed by atoms with van der Waals surface area (Å²) in [5.41, 5.74) is 3.56. The molecule has 0 saturated carbocycles. The molecule has 0 spiro atoms. The van der Waals surface area contributed by atoms with Gasteiger partial charge in [0.2, 0.25) is 0 Å². The van der Waals surface area contributed by atoms with E-state index in [1.54, 1.807) is 45.1 Å². The van der Waals surface area contributed by atoms with E-state index in [9.17, 15) is 4.79 Å². The van der Waals surface area contributed by atoms with E-state index in [0.29, 0.717) is 23.8 Å². The van der Waals surface area contributed by atoms with Crippen molar-refractivity contribution in [2.75, 3.05) is 31.4 Å². The molecule has 2 aromatic rings. The van der Waals surface area contributed by atoms with Gasteiger partial charge in [-0.1, -0.05) is 37.0 Å². The van der Waals surface area contributed by atoms with Crippen molar-refractivity contribution in [3.63, 3.8) is 0 Å². The van der Waals surface area contributed by atoms with Gasteiger partial charge in [0.05, 0.1) is 17.9 Å². The number of carbonyl (C=O) groups excluding carboxylic acids is 1. The third kappa shape index (κ3) is 5.36. The smallest absolute Gasteiger partial charge is 0.324 e. The third-order valence-corrected chi connectivity index (χ3v) is 4.87. The normalized spacial score (nSPS) is 10.8. The van der Waals surface area contributed by atoms with Crippen LogP contribution >= 0.6 is 23.2 Å². The molecule has 0 aliphatic heterocycles. The van der Waals surface area contributed by atoms with E-state index < -0.39 is 0 Å². The highest BCUT2D eigenvalue weighted by Gasteiger charge is 2.20. The van der Waals surface area contributed by atoms with Gasteiger partial charge in [-0.15, -0.1) is 0 Å². The lowest BCUT2D eigenvalue weighted by atomic mass is 9.94. The average molecular weight is 437 g/mol. The first-order chi connectivity index (χ1) is 13.5. The lowest BCUT2D eigenvalue weighted by Crippen LogP contribution is -2.38. The van der Waals surface area contributed by atoms with E-state index in [1.807, 2.05) is 6.07 Å². The van der Waals surface area contributed by atoms with Crippen molar-refractivity contribution in [2.45, 2.75) is 33.2 Å². The van der Waals surface area contributed by atoms with Gasteiger partial charge in [-0.05, 0) is 36.6 Å². The van der Waals surface area contributed by atoms with Crippen molar-refractivity contribution in [3.8, 4) is 0 Å². The minimum Gasteiger partial charge on any atom is -0.373 e. The Morgan fingerprint density at radius 2 is 1.76 bits per heavy atom. The Labute approximate surface area is 181 Å². The maximum absolute atomic E-state index is 12.9. The summed E-state index contributed by atoms with van der Waals surface area (Å²) < 4.78 is 0. The number of amides is 2. The minimum absolute atomic E-state index is 0.212. The predicted octanol–water partition coefficient (Wildman–Crippen LogP) is 5.02. The summed E-state index contributed by atoms with van der Waals surface area (Å²) in [4.78, 5) is 24.4. The molecule has 156 valence electrons. The number of carbonyl (C=O) groups is 1. The molecular weight excluding hydrogens is 411 g/mol. The summed E-state index contributed by atoms with van der Waals surface area (Å²) in [6.07, 6.45) is 0.